The second-order valence-electron chi connectivity index (χ2n) is 7.24. The molecule has 2 aromatic heterocycles. The summed E-state index contributed by atoms with van der Waals surface area (Å²) in [6, 6.07) is 6.71. The van der Waals surface area contributed by atoms with Gasteiger partial charge < -0.3 is 14.6 Å². The first kappa shape index (κ1) is 21.8. The summed E-state index contributed by atoms with van der Waals surface area (Å²) in [5, 5.41) is 15.8. The van der Waals surface area contributed by atoms with E-state index in [1.807, 2.05) is 0 Å². The molecule has 1 aliphatic carbocycles. The highest BCUT2D eigenvalue weighted by Crippen LogP contribution is 2.39. The minimum Gasteiger partial charge on any atom is -0.854 e. The molecule has 0 saturated heterocycles. The molecule has 0 unspecified atom stereocenters. The van der Waals surface area contributed by atoms with Crippen LogP contribution in [0.15, 0.2) is 38.6 Å². The van der Waals surface area contributed by atoms with E-state index in [4.69, 9.17) is 14.0 Å². The van der Waals surface area contributed by atoms with E-state index >= 15 is 0 Å². The number of rotatable bonds is 6. The van der Waals surface area contributed by atoms with Gasteiger partial charge in [0.2, 0.25) is 5.69 Å². The zero-order chi connectivity index (χ0) is 22.7. The molecule has 0 fully saturated rings. The number of fused-ring (bicyclic) bond motifs is 1. The van der Waals surface area contributed by atoms with E-state index in [1.165, 1.54) is 16.0 Å². The van der Waals surface area contributed by atoms with E-state index < -0.39 is 17.5 Å². The van der Waals surface area contributed by atoms with Crippen LogP contribution in [0.25, 0.3) is 5.69 Å². The van der Waals surface area contributed by atoms with Gasteiger partial charge in [-0.15, -0.1) is 11.3 Å². The minimum atomic E-state index is -0.856. The van der Waals surface area contributed by atoms with Crippen LogP contribution in [0, 0.1) is 0 Å². The summed E-state index contributed by atoms with van der Waals surface area (Å²) < 4.78 is 16.5. The van der Waals surface area contributed by atoms with Gasteiger partial charge in [-0.3, -0.25) is 4.52 Å². The van der Waals surface area contributed by atoms with Crippen molar-refractivity contribution in [2.45, 2.75) is 39.0 Å². The molecule has 4 rings (SSSR count). The summed E-state index contributed by atoms with van der Waals surface area (Å²) >= 11 is 1.31. The molecule has 32 heavy (non-hydrogen) atoms. The Kier molecular flexibility index (Phi) is 6.40. The van der Waals surface area contributed by atoms with Gasteiger partial charge in [0.05, 0.1) is 25.2 Å². The summed E-state index contributed by atoms with van der Waals surface area (Å²) in [7, 11) is 1.54. The normalized spacial score (nSPS) is 14.0. The highest BCUT2D eigenvalue weighted by atomic mass is 32.1. The van der Waals surface area contributed by atoms with Crippen LogP contribution >= 0.6 is 11.3 Å². The largest absolute Gasteiger partial charge is 0.854 e. The fraction of sp³-hybridized carbons (Fsp3) is 0.364. The molecule has 1 aliphatic rings. The van der Waals surface area contributed by atoms with Crippen molar-refractivity contribution in [3.05, 3.63) is 56.4 Å². The van der Waals surface area contributed by atoms with Crippen molar-refractivity contribution in [1.29, 1.82) is 0 Å². The molecule has 0 atom stereocenters. The topological polar surface area (TPSA) is 121 Å². The number of aliphatic imine (C=N–C) groups is 1. The van der Waals surface area contributed by atoms with Gasteiger partial charge in [-0.25, -0.2) is 14.6 Å². The van der Waals surface area contributed by atoms with Gasteiger partial charge >= 0.3 is 17.3 Å². The Hall–Kier alpha value is -3.40. The average Bonchev–Trinajstić information content (AvgIpc) is 3.25. The predicted octanol–water partition coefficient (Wildman–Crippen LogP) is 2.20. The van der Waals surface area contributed by atoms with Crippen LogP contribution in [0.4, 0.5) is 5.00 Å². The maximum absolute atomic E-state index is 13.1. The third-order valence-electron chi connectivity index (χ3n) is 5.27. The number of aromatic nitrogens is 2. The molecule has 3 aromatic rings. The number of esters is 1. The van der Waals surface area contributed by atoms with Crippen molar-refractivity contribution in [3.8, 4) is 11.4 Å². The lowest BCUT2D eigenvalue weighted by Gasteiger charge is -2.07. The summed E-state index contributed by atoms with van der Waals surface area (Å²) in [5.74, 6) is -0.683. The van der Waals surface area contributed by atoms with Crippen LogP contribution in [-0.2, 0) is 17.6 Å². The standard InChI is InChI=1S/C22H23N3O6S/c1-3-30-21(27)17-15-7-5-4-6-8-16(15)32-20(17)23-19(26)18-22(28)31-24-25(18)13-9-11-14(29-2)12-10-13/h9-12H,3-8H2,1-2H3,(H-,23,24,26,27,28). The van der Waals surface area contributed by atoms with Crippen molar-refractivity contribution in [2.75, 3.05) is 13.7 Å². The molecule has 0 spiro atoms. The molecule has 1 aromatic carbocycles. The number of hydrogen-bond acceptors (Lipinski definition) is 8. The quantitative estimate of drug-likeness (QED) is 0.199. The predicted molar refractivity (Wildman–Crippen MR) is 115 cm³/mol. The molecule has 2 heterocycles. The van der Waals surface area contributed by atoms with Gasteiger partial charge in [-0.2, -0.15) is 0 Å². The number of methoxy groups -OCH3 is 1. The van der Waals surface area contributed by atoms with Gasteiger partial charge in [0, 0.05) is 17.0 Å². The van der Waals surface area contributed by atoms with Crippen molar-refractivity contribution in [3.63, 3.8) is 0 Å². The van der Waals surface area contributed by atoms with Gasteiger partial charge in [0.25, 0.3) is 0 Å². The molecule has 9 nitrogen and oxygen atoms in total. The highest BCUT2D eigenvalue weighted by Gasteiger charge is 2.28. The summed E-state index contributed by atoms with van der Waals surface area (Å²) in [6.45, 7) is 1.95. The van der Waals surface area contributed by atoms with E-state index in [-0.39, 0.29) is 17.3 Å². The number of carbonyl (C=O) groups is 1. The molecule has 168 valence electrons. The number of nitrogens with zero attached hydrogens (tertiary/aromatic N) is 2. The Bertz CT molecular complexity index is 1210. The Labute approximate surface area is 187 Å². The lowest BCUT2D eigenvalue weighted by molar-refractivity contribution is -0.673. The highest BCUT2D eigenvalue weighted by molar-refractivity contribution is 7.16. The van der Waals surface area contributed by atoms with E-state index in [9.17, 15) is 14.7 Å². The van der Waals surface area contributed by atoms with Crippen molar-refractivity contribution < 1.29 is 28.6 Å². The van der Waals surface area contributed by atoms with E-state index in [1.54, 1.807) is 38.3 Å². The average molecular weight is 458 g/mol. The smallest absolute Gasteiger partial charge is 0.436 e. The summed E-state index contributed by atoms with van der Waals surface area (Å²) in [5.41, 5.74) is 0.571. The van der Waals surface area contributed by atoms with E-state index in [0.717, 1.165) is 42.5 Å². The number of aryl methyl sites for hydroxylation is 1. The van der Waals surface area contributed by atoms with Crippen LogP contribution in [0.2, 0.25) is 0 Å². The number of carbonyl (C=O) groups excluding carboxylic acids is 1. The first-order valence-electron chi connectivity index (χ1n) is 10.4. The first-order valence-corrected chi connectivity index (χ1v) is 11.2. The number of aromatic amines is 1. The van der Waals surface area contributed by atoms with Gasteiger partial charge in [0.1, 0.15) is 10.8 Å². The van der Waals surface area contributed by atoms with Gasteiger partial charge in [-0.1, -0.05) is 6.42 Å². The zero-order valence-corrected chi connectivity index (χ0v) is 18.6. The van der Waals surface area contributed by atoms with Crippen molar-refractivity contribution in [2.24, 2.45) is 4.99 Å². The maximum Gasteiger partial charge on any atom is 0.436 e. The minimum absolute atomic E-state index is 0.218. The van der Waals surface area contributed by atoms with Crippen molar-refractivity contribution in [1.82, 2.24) is 5.27 Å². The van der Waals surface area contributed by atoms with Crippen LogP contribution in [0.3, 0.4) is 0 Å². The Morgan fingerprint density at radius 1 is 1.25 bits per heavy atom. The Balaban J connectivity index is 1.79. The SMILES string of the molecule is CCOC(=O)c1c(/N=C(\[O-])c2c(=O)o[nH][n+]2-c2ccc(OC)cc2)sc2c1CCCCC2. The third-order valence-corrected chi connectivity index (χ3v) is 6.45. The second kappa shape index (κ2) is 9.39. The molecule has 0 bridgehead atoms. The lowest BCUT2D eigenvalue weighted by Crippen LogP contribution is -2.44. The van der Waals surface area contributed by atoms with E-state index in [0.29, 0.717) is 17.0 Å². The maximum atomic E-state index is 13.1. The van der Waals surface area contributed by atoms with Crippen LogP contribution in [0.1, 0.15) is 52.7 Å². The summed E-state index contributed by atoms with van der Waals surface area (Å²) in [6.07, 6.45) is 4.63. The molecule has 10 heteroatoms. The zero-order valence-electron chi connectivity index (χ0n) is 17.8. The van der Waals surface area contributed by atoms with E-state index in [2.05, 4.69) is 10.3 Å². The Morgan fingerprint density at radius 2 is 2.00 bits per heavy atom. The third kappa shape index (κ3) is 4.18. The molecule has 0 amide bonds. The molecule has 0 saturated carbocycles. The lowest BCUT2D eigenvalue weighted by atomic mass is 10.1. The number of ether oxygens (including phenoxy) is 2. The van der Waals surface area contributed by atoms with Gasteiger partial charge in [-0.05, 0) is 60.3 Å². The molecule has 0 aliphatic heterocycles. The monoisotopic (exact) mass is 457 g/mol. The molecule has 0 radical (unpaired) electrons. The number of thiophene rings is 1. The van der Waals surface area contributed by atoms with Gasteiger partial charge in [0.15, 0.2) is 0 Å². The number of benzene rings is 1. The fourth-order valence-electron chi connectivity index (χ4n) is 3.73. The number of hydrogen-bond donors (Lipinski definition) is 1. The van der Waals surface area contributed by atoms with Crippen LogP contribution in [-0.4, -0.2) is 30.9 Å². The number of nitrogens with one attached hydrogen (secondary N) is 1. The molecular weight excluding hydrogens is 434 g/mol. The summed E-state index contributed by atoms with van der Waals surface area (Å²) in [4.78, 5) is 30.2. The van der Waals surface area contributed by atoms with Crippen molar-refractivity contribution >= 4 is 28.2 Å². The number of H-pyrrole nitrogens is 1. The van der Waals surface area contributed by atoms with Crippen LogP contribution in [0.5, 0.6) is 5.75 Å². The Morgan fingerprint density at radius 3 is 2.72 bits per heavy atom. The molecular formula is C22H23N3O6S. The first-order chi connectivity index (χ1) is 15.5. The molecule has 1 N–H and O–H groups in total. The fourth-order valence-corrected chi connectivity index (χ4v) is 4.98. The second-order valence-corrected chi connectivity index (χ2v) is 8.33. The van der Waals surface area contributed by atoms with Crippen LogP contribution < -0.4 is 20.2 Å².